The van der Waals surface area contributed by atoms with E-state index in [1.807, 2.05) is 0 Å². The second kappa shape index (κ2) is 77.4. The van der Waals surface area contributed by atoms with E-state index in [4.69, 9.17) is 37.0 Å². The molecule has 0 aromatic heterocycles. The second-order valence-electron chi connectivity index (χ2n) is 31.9. The molecule has 0 bridgehead atoms. The van der Waals surface area contributed by atoms with Gasteiger partial charge in [0.2, 0.25) is 0 Å². The highest BCUT2D eigenvalue weighted by Gasteiger charge is 2.30. The van der Waals surface area contributed by atoms with Gasteiger partial charge in [0.25, 0.3) is 0 Å². The van der Waals surface area contributed by atoms with Gasteiger partial charge in [0, 0.05) is 25.7 Å². The first kappa shape index (κ1) is 103. The van der Waals surface area contributed by atoms with Crippen molar-refractivity contribution in [2.45, 2.75) is 477 Å². The molecule has 0 amide bonds. The van der Waals surface area contributed by atoms with Crippen molar-refractivity contribution in [2.24, 2.45) is 11.8 Å². The van der Waals surface area contributed by atoms with Crippen molar-refractivity contribution in [3.8, 4) is 0 Å². The van der Waals surface area contributed by atoms with Gasteiger partial charge in [0.15, 0.2) is 12.2 Å². The quantitative estimate of drug-likeness (QED) is 0.0222. The van der Waals surface area contributed by atoms with E-state index >= 15 is 0 Å². The maximum atomic E-state index is 13.1. The molecule has 0 aromatic rings. The summed E-state index contributed by atoms with van der Waals surface area (Å²) in [5.74, 6) is -0.556. The summed E-state index contributed by atoms with van der Waals surface area (Å²) in [5, 5.41) is 10.7. The molecule has 0 fully saturated rings. The van der Waals surface area contributed by atoms with Crippen LogP contribution in [0.15, 0.2) is 0 Å². The summed E-state index contributed by atoms with van der Waals surface area (Å²) in [5.41, 5.74) is 0. The minimum absolute atomic E-state index is 0.107. The Labute approximate surface area is 645 Å². The van der Waals surface area contributed by atoms with Gasteiger partial charge in [-0.05, 0) is 37.5 Å². The average Bonchev–Trinajstić information content (AvgIpc) is 0.950. The van der Waals surface area contributed by atoms with Crippen LogP contribution >= 0.6 is 15.6 Å². The zero-order chi connectivity index (χ0) is 77.1. The average molecular weight is 1540 g/mol. The highest BCUT2D eigenvalue weighted by atomic mass is 31.2. The Morgan fingerprint density at radius 3 is 0.648 bits per heavy atom. The van der Waals surface area contributed by atoms with Crippen molar-refractivity contribution < 1.29 is 80.2 Å². The number of hydrogen-bond donors (Lipinski definition) is 3. The first-order chi connectivity index (χ1) is 50.9. The molecule has 17 nitrogen and oxygen atoms in total. The number of carbonyl (C=O) groups is 4. The van der Waals surface area contributed by atoms with Gasteiger partial charge in [-0.1, -0.05) is 408 Å². The number of carbonyl (C=O) groups excluding carboxylic acids is 4. The molecule has 0 heterocycles. The molecule has 0 radical (unpaired) electrons. The first-order valence-corrected chi connectivity index (χ1v) is 47.5. The van der Waals surface area contributed by atoms with Gasteiger partial charge in [-0.2, -0.15) is 0 Å². The third-order valence-corrected chi connectivity index (χ3v) is 22.1. The zero-order valence-electron chi connectivity index (χ0n) is 69.0. The van der Waals surface area contributed by atoms with Crippen molar-refractivity contribution in [3.05, 3.63) is 0 Å². The Morgan fingerprint density at radius 2 is 0.438 bits per heavy atom. The lowest BCUT2D eigenvalue weighted by Gasteiger charge is -2.21. The van der Waals surface area contributed by atoms with Crippen LogP contribution in [0.2, 0.25) is 0 Å². The normalized spacial score (nSPS) is 13.8. The molecular weight excluding hydrogens is 1370 g/mol. The zero-order valence-corrected chi connectivity index (χ0v) is 70.8. The third kappa shape index (κ3) is 79.9. The lowest BCUT2D eigenvalue weighted by Crippen LogP contribution is -2.30. The van der Waals surface area contributed by atoms with E-state index in [0.29, 0.717) is 25.7 Å². The van der Waals surface area contributed by atoms with E-state index in [-0.39, 0.29) is 25.7 Å². The van der Waals surface area contributed by atoms with Gasteiger partial charge >= 0.3 is 39.5 Å². The monoisotopic (exact) mass is 1540 g/mol. The van der Waals surface area contributed by atoms with Crippen molar-refractivity contribution in [1.29, 1.82) is 0 Å². The third-order valence-electron chi connectivity index (χ3n) is 20.2. The fraction of sp³-hybridized carbons (Fsp3) is 0.953. The molecule has 624 valence electrons. The van der Waals surface area contributed by atoms with Crippen molar-refractivity contribution in [1.82, 2.24) is 0 Å². The molecular formula is C86H168O17P2. The molecule has 19 heteroatoms. The standard InChI is InChI=1S/C86H168O17P2/c1-7-9-11-13-15-17-19-21-22-23-24-25-29-32-36-39-43-50-56-62-68-83(88)96-74-81(102-86(91)71-65-59-53-45-41-37-33-30-27-26-28-31-35-38-42-48-54-60-66-78(3)4)76-100-104(92,93)98-72-80(87)73-99-105(94,95)101-77-82(75-97-84(89)69-63-57-51-47-46-49-55-61-67-79(5)6)103-85(90)70-64-58-52-44-40-34-20-18-16-14-12-10-8-2/h78-82,87H,7-77H2,1-6H3,(H,92,93)(H,94,95)/t80-,81-,82-/m1/s1. The summed E-state index contributed by atoms with van der Waals surface area (Å²) in [6.45, 7) is 9.67. The molecule has 0 aromatic carbocycles. The predicted molar refractivity (Wildman–Crippen MR) is 432 cm³/mol. The highest BCUT2D eigenvalue weighted by Crippen LogP contribution is 2.45. The molecule has 2 unspecified atom stereocenters. The summed E-state index contributed by atoms with van der Waals surface area (Å²) in [4.78, 5) is 73.2. The van der Waals surface area contributed by atoms with E-state index in [0.717, 1.165) is 102 Å². The molecule has 5 atom stereocenters. The van der Waals surface area contributed by atoms with Crippen LogP contribution in [0.5, 0.6) is 0 Å². The van der Waals surface area contributed by atoms with Crippen LogP contribution in [0.25, 0.3) is 0 Å². The Hall–Kier alpha value is -1.94. The number of unbranched alkanes of at least 4 members (excludes halogenated alkanes) is 55. The Bertz CT molecular complexity index is 2010. The Balaban J connectivity index is 5.22. The fourth-order valence-electron chi connectivity index (χ4n) is 13.4. The fourth-order valence-corrected chi connectivity index (χ4v) is 15.0. The molecule has 0 saturated carbocycles. The molecule has 105 heavy (non-hydrogen) atoms. The summed E-state index contributed by atoms with van der Waals surface area (Å²) in [7, 11) is -9.93. The number of esters is 4. The van der Waals surface area contributed by atoms with Gasteiger partial charge in [-0.3, -0.25) is 37.3 Å². The number of hydrogen-bond acceptors (Lipinski definition) is 15. The van der Waals surface area contributed by atoms with Crippen molar-refractivity contribution >= 4 is 39.5 Å². The van der Waals surface area contributed by atoms with Crippen LogP contribution < -0.4 is 0 Å². The van der Waals surface area contributed by atoms with Gasteiger partial charge in [0.1, 0.15) is 19.3 Å². The largest absolute Gasteiger partial charge is 0.472 e. The van der Waals surface area contributed by atoms with Crippen molar-refractivity contribution in [2.75, 3.05) is 39.6 Å². The number of aliphatic hydroxyl groups is 1. The molecule has 0 rings (SSSR count). The molecule has 3 N–H and O–H groups in total. The summed E-state index contributed by atoms with van der Waals surface area (Å²) >= 11 is 0. The van der Waals surface area contributed by atoms with E-state index in [9.17, 15) is 43.2 Å². The van der Waals surface area contributed by atoms with Gasteiger partial charge in [-0.25, -0.2) is 9.13 Å². The first-order valence-electron chi connectivity index (χ1n) is 44.5. The number of rotatable bonds is 85. The number of ether oxygens (including phenoxy) is 4. The van der Waals surface area contributed by atoms with E-state index in [2.05, 4.69) is 41.5 Å². The second-order valence-corrected chi connectivity index (χ2v) is 34.8. The van der Waals surface area contributed by atoms with Crippen LogP contribution in [0.4, 0.5) is 0 Å². The number of aliphatic hydroxyl groups excluding tert-OH is 1. The molecule has 0 aliphatic carbocycles. The summed E-state index contributed by atoms with van der Waals surface area (Å²) < 4.78 is 68.9. The topological polar surface area (TPSA) is 237 Å². The van der Waals surface area contributed by atoms with Crippen molar-refractivity contribution in [3.63, 3.8) is 0 Å². The van der Waals surface area contributed by atoms with Gasteiger partial charge < -0.3 is 33.8 Å². The summed E-state index contributed by atoms with van der Waals surface area (Å²) in [6.07, 6.45) is 69.5. The smallest absolute Gasteiger partial charge is 0.462 e. The summed E-state index contributed by atoms with van der Waals surface area (Å²) in [6, 6.07) is 0. The Kier molecular flexibility index (Phi) is 76.0. The van der Waals surface area contributed by atoms with Crippen LogP contribution in [0.3, 0.4) is 0 Å². The molecule has 0 spiro atoms. The van der Waals surface area contributed by atoms with E-state index in [1.165, 1.54) is 276 Å². The number of phosphoric ester groups is 2. The number of phosphoric acid groups is 2. The van der Waals surface area contributed by atoms with Crippen LogP contribution in [0.1, 0.15) is 459 Å². The van der Waals surface area contributed by atoms with Gasteiger partial charge in [-0.15, -0.1) is 0 Å². The maximum Gasteiger partial charge on any atom is 0.472 e. The SMILES string of the molecule is CCCCCCCCCCCCCCCCCCCCCCC(=O)OC[C@H](COP(=O)(O)OC[C@@H](O)COP(=O)(O)OC[C@@H](COC(=O)CCCCCCCCCCC(C)C)OC(=O)CCCCCCCCCCCCCCC)OC(=O)CCCCCCCCCCCCCCCCCCCCC(C)C. The van der Waals surface area contributed by atoms with Crippen LogP contribution in [-0.2, 0) is 65.4 Å². The molecule has 0 aliphatic rings. The lowest BCUT2D eigenvalue weighted by molar-refractivity contribution is -0.161. The van der Waals surface area contributed by atoms with E-state index in [1.54, 1.807) is 0 Å². The Morgan fingerprint density at radius 1 is 0.257 bits per heavy atom. The molecule has 0 saturated heterocycles. The van der Waals surface area contributed by atoms with Gasteiger partial charge in [0.05, 0.1) is 26.4 Å². The van der Waals surface area contributed by atoms with Crippen LogP contribution in [-0.4, -0.2) is 96.7 Å². The predicted octanol–water partition coefficient (Wildman–Crippen LogP) is 26.2. The van der Waals surface area contributed by atoms with Crippen LogP contribution in [0, 0.1) is 11.8 Å². The minimum atomic E-state index is -4.97. The maximum absolute atomic E-state index is 13.1. The lowest BCUT2D eigenvalue weighted by atomic mass is 10.0. The minimum Gasteiger partial charge on any atom is -0.462 e. The molecule has 0 aliphatic heterocycles. The van der Waals surface area contributed by atoms with E-state index < -0.39 is 97.5 Å². The highest BCUT2D eigenvalue weighted by molar-refractivity contribution is 7.47.